The summed E-state index contributed by atoms with van der Waals surface area (Å²) in [5, 5.41) is 0. The number of nitrogens with zero attached hydrogens (tertiary/aromatic N) is 1. The highest BCUT2D eigenvalue weighted by molar-refractivity contribution is 7.89. The molecule has 0 aromatic heterocycles. The zero-order chi connectivity index (χ0) is 26.5. The van der Waals surface area contributed by atoms with Crippen LogP contribution in [0.2, 0.25) is 0 Å². The van der Waals surface area contributed by atoms with Crippen molar-refractivity contribution in [3.8, 4) is 0 Å². The van der Waals surface area contributed by atoms with Crippen molar-refractivity contribution < 1.29 is 40.7 Å². The van der Waals surface area contributed by atoms with Crippen LogP contribution in [0.5, 0.6) is 0 Å². The first-order chi connectivity index (χ1) is 16.9. The first-order valence-electron chi connectivity index (χ1n) is 11.2. The number of alkyl halides is 3. The van der Waals surface area contributed by atoms with Gasteiger partial charge in [-0.25, -0.2) is 13.1 Å². The van der Waals surface area contributed by atoms with E-state index >= 15 is 0 Å². The molecule has 8 nitrogen and oxygen atoms in total. The van der Waals surface area contributed by atoms with Crippen molar-refractivity contribution in [3.63, 3.8) is 0 Å². The maximum absolute atomic E-state index is 13.4. The summed E-state index contributed by atoms with van der Waals surface area (Å²) in [5.74, 6) is -2.79. The SMILES string of the molecule is CC(=O)O[C@H]1O[C@H](CN(C(=O)C(F)(F)F)[C@H](C)c2ccccc2)CC[C@H]1NS(=O)(=O)c1ccccc1. The smallest absolute Gasteiger partial charge is 0.434 e. The number of rotatable bonds is 8. The third-order valence-electron chi connectivity index (χ3n) is 5.75. The Labute approximate surface area is 207 Å². The van der Waals surface area contributed by atoms with Gasteiger partial charge in [0.1, 0.15) is 0 Å². The van der Waals surface area contributed by atoms with Crippen LogP contribution in [0.25, 0.3) is 0 Å². The molecule has 2 aromatic carbocycles. The van der Waals surface area contributed by atoms with Crippen LogP contribution < -0.4 is 4.72 Å². The molecular weight excluding hydrogens is 501 g/mol. The number of nitrogens with one attached hydrogen (secondary N) is 1. The molecule has 12 heteroatoms. The zero-order valence-corrected chi connectivity index (χ0v) is 20.5. The topological polar surface area (TPSA) is 102 Å². The molecule has 0 spiro atoms. The fraction of sp³-hybridized carbons (Fsp3) is 0.417. The van der Waals surface area contributed by atoms with E-state index in [0.29, 0.717) is 10.5 Å². The predicted octanol–water partition coefficient (Wildman–Crippen LogP) is 3.55. The Hall–Kier alpha value is -2.96. The quantitative estimate of drug-likeness (QED) is 0.526. The normalized spacial score (nSPS) is 21.4. The number of sulfonamides is 1. The number of hydrogen-bond donors (Lipinski definition) is 1. The van der Waals surface area contributed by atoms with Crippen molar-refractivity contribution in [2.24, 2.45) is 0 Å². The Bertz CT molecular complexity index is 1150. The van der Waals surface area contributed by atoms with Crippen LogP contribution in [0.3, 0.4) is 0 Å². The van der Waals surface area contributed by atoms with Gasteiger partial charge in [-0.2, -0.15) is 13.2 Å². The van der Waals surface area contributed by atoms with Crippen molar-refractivity contribution in [3.05, 3.63) is 66.2 Å². The average Bonchev–Trinajstić information content (AvgIpc) is 2.83. The first-order valence-corrected chi connectivity index (χ1v) is 12.7. The highest BCUT2D eigenvalue weighted by Crippen LogP contribution is 2.30. The number of halogens is 3. The van der Waals surface area contributed by atoms with Gasteiger partial charge in [0.05, 0.1) is 23.1 Å². The molecule has 0 bridgehead atoms. The molecule has 1 aliphatic heterocycles. The summed E-state index contributed by atoms with van der Waals surface area (Å²) in [6.07, 6.45) is -7.23. The molecule has 1 heterocycles. The van der Waals surface area contributed by atoms with Gasteiger partial charge in [0.2, 0.25) is 16.3 Å². The Morgan fingerprint density at radius 2 is 1.67 bits per heavy atom. The second-order valence-electron chi connectivity index (χ2n) is 8.40. The van der Waals surface area contributed by atoms with Gasteiger partial charge in [0.15, 0.2) is 0 Å². The van der Waals surface area contributed by atoms with Crippen LogP contribution in [-0.4, -0.2) is 56.4 Å². The van der Waals surface area contributed by atoms with Crippen LogP contribution in [0.4, 0.5) is 13.2 Å². The maximum Gasteiger partial charge on any atom is 0.471 e. The lowest BCUT2D eigenvalue weighted by Gasteiger charge is -2.39. The Kier molecular flexibility index (Phi) is 8.75. The lowest BCUT2D eigenvalue weighted by Crippen LogP contribution is -2.54. The second kappa shape index (κ2) is 11.4. The van der Waals surface area contributed by atoms with Crippen LogP contribution >= 0.6 is 0 Å². The second-order valence-corrected chi connectivity index (χ2v) is 10.1. The minimum absolute atomic E-state index is 0.00710. The summed E-state index contributed by atoms with van der Waals surface area (Å²) in [5.41, 5.74) is 0.496. The molecule has 1 N–H and O–H groups in total. The molecule has 0 unspecified atom stereocenters. The van der Waals surface area contributed by atoms with E-state index in [-0.39, 0.29) is 17.7 Å². The van der Waals surface area contributed by atoms with E-state index in [0.717, 1.165) is 6.92 Å². The minimum Gasteiger partial charge on any atom is -0.434 e. The third-order valence-corrected chi connectivity index (χ3v) is 7.26. The van der Waals surface area contributed by atoms with Gasteiger partial charge >= 0.3 is 18.1 Å². The number of carbonyl (C=O) groups excluding carboxylic acids is 2. The largest absolute Gasteiger partial charge is 0.471 e. The average molecular weight is 529 g/mol. The van der Waals surface area contributed by atoms with Gasteiger partial charge in [0.25, 0.3) is 0 Å². The number of hydrogen-bond acceptors (Lipinski definition) is 6. The molecule has 0 saturated carbocycles. The van der Waals surface area contributed by atoms with E-state index in [2.05, 4.69) is 4.72 Å². The van der Waals surface area contributed by atoms with Crippen molar-refractivity contribution in [2.45, 2.75) is 62.2 Å². The van der Waals surface area contributed by atoms with Gasteiger partial charge in [-0.1, -0.05) is 48.5 Å². The number of amides is 1. The van der Waals surface area contributed by atoms with Crippen molar-refractivity contribution in [1.29, 1.82) is 0 Å². The van der Waals surface area contributed by atoms with Crippen molar-refractivity contribution in [2.75, 3.05) is 6.54 Å². The summed E-state index contributed by atoms with van der Waals surface area (Å²) in [4.78, 5) is 24.6. The summed E-state index contributed by atoms with van der Waals surface area (Å²) >= 11 is 0. The van der Waals surface area contributed by atoms with E-state index in [1.165, 1.54) is 19.1 Å². The minimum atomic E-state index is -5.11. The summed E-state index contributed by atoms with van der Waals surface area (Å²) in [7, 11) is -3.99. The Balaban J connectivity index is 1.80. The molecule has 2 aromatic rings. The van der Waals surface area contributed by atoms with Gasteiger partial charge < -0.3 is 14.4 Å². The Morgan fingerprint density at radius 3 is 2.22 bits per heavy atom. The maximum atomic E-state index is 13.4. The summed E-state index contributed by atoms with van der Waals surface area (Å²) in [6, 6.07) is 13.9. The fourth-order valence-corrected chi connectivity index (χ4v) is 5.23. The van der Waals surface area contributed by atoms with E-state index in [1.807, 2.05) is 0 Å². The van der Waals surface area contributed by atoms with E-state index in [4.69, 9.17) is 9.47 Å². The lowest BCUT2D eigenvalue weighted by atomic mass is 10.0. The van der Waals surface area contributed by atoms with Crippen LogP contribution in [0.1, 0.15) is 38.3 Å². The molecule has 3 rings (SSSR count). The lowest BCUT2D eigenvalue weighted by molar-refractivity contribution is -0.215. The van der Waals surface area contributed by atoms with Crippen LogP contribution in [0, 0.1) is 0 Å². The summed E-state index contributed by atoms with van der Waals surface area (Å²) < 4.78 is 79.1. The van der Waals surface area contributed by atoms with Gasteiger partial charge in [0, 0.05) is 13.5 Å². The molecule has 36 heavy (non-hydrogen) atoms. The standard InChI is InChI=1S/C24H27F3N2O6S/c1-16(18-9-5-3-6-10-18)29(23(31)24(25,26)27)15-19-13-14-21(22(35-19)34-17(2)30)28-36(32,33)20-11-7-4-8-12-20/h3-12,16,19,21-22,28H,13-15H2,1-2H3/t16-,19+,21-,22+/m1/s1. The monoisotopic (exact) mass is 528 g/mol. The van der Waals surface area contributed by atoms with Gasteiger partial charge in [-0.05, 0) is 37.5 Å². The number of benzene rings is 2. The number of ether oxygens (including phenoxy) is 2. The van der Waals surface area contributed by atoms with E-state index in [1.54, 1.807) is 48.5 Å². The highest BCUT2D eigenvalue weighted by atomic mass is 32.2. The van der Waals surface area contributed by atoms with Crippen molar-refractivity contribution in [1.82, 2.24) is 9.62 Å². The molecule has 1 fully saturated rings. The first kappa shape index (κ1) is 27.6. The Morgan fingerprint density at radius 1 is 1.08 bits per heavy atom. The van der Waals surface area contributed by atoms with E-state index < -0.39 is 59.1 Å². The van der Waals surface area contributed by atoms with Crippen LogP contribution in [-0.2, 0) is 29.1 Å². The fourth-order valence-electron chi connectivity index (χ4n) is 3.95. The molecule has 1 aliphatic rings. The van der Waals surface area contributed by atoms with Gasteiger partial charge in [-0.15, -0.1) is 0 Å². The zero-order valence-electron chi connectivity index (χ0n) is 19.6. The molecule has 1 saturated heterocycles. The van der Waals surface area contributed by atoms with Crippen LogP contribution in [0.15, 0.2) is 65.6 Å². The molecule has 0 radical (unpaired) electrons. The molecular formula is C24H27F3N2O6S. The molecule has 1 amide bonds. The summed E-state index contributed by atoms with van der Waals surface area (Å²) in [6.45, 7) is 2.14. The highest BCUT2D eigenvalue weighted by Gasteiger charge is 2.46. The van der Waals surface area contributed by atoms with E-state index in [9.17, 15) is 31.2 Å². The number of carbonyl (C=O) groups is 2. The molecule has 196 valence electrons. The third kappa shape index (κ3) is 7.05. The molecule has 4 atom stereocenters. The van der Waals surface area contributed by atoms with Crippen molar-refractivity contribution >= 4 is 21.9 Å². The van der Waals surface area contributed by atoms with Gasteiger partial charge in [-0.3, -0.25) is 9.59 Å². The predicted molar refractivity (Wildman–Crippen MR) is 123 cm³/mol. The molecule has 0 aliphatic carbocycles. The number of esters is 1.